The Balaban J connectivity index is 1.20. The Morgan fingerprint density at radius 3 is 2.73 bits per heavy atom. The topological polar surface area (TPSA) is 92.2 Å². The average molecular weight is 471 g/mol. The quantitative estimate of drug-likeness (QED) is 0.553. The van der Waals surface area contributed by atoms with E-state index in [2.05, 4.69) is 26.5 Å². The van der Waals surface area contributed by atoms with Gasteiger partial charge in [-0.2, -0.15) is 0 Å². The fraction of sp³-hybridized carbons (Fsp3) is 0.565. The van der Waals surface area contributed by atoms with E-state index >= 15 is 0 Å². The number of aliphatic hydroxyl groups excluding tert-OH is 1. The fourth-order valence-electron chi connectivity index (χ4n) is 5.05. The summed E-state index contributed by atoms with van der Waals surface area (Å²) in [5, 5.41) is 19.7. The molecule has 6 rings (SSSR count). The molecule has 3 aromatic rings. The number of aryl methyl sites for hydroxylation is 1. The number of hydrogen-bond acceptors (Lipinski definition) is 7. The summed E-state index contributed by atoms with van der Waals surface area (Å²) in [4.78, 5) is 11.6. The number of halogens is 1. The van der Waals surface area contributed by atoms with Crippen molar-refractivity contribution in [2.24, 2.45) is 7.05 Å². The number of anilines is 2. The molecule has 1 aliphatic carbocycles. The highest BCUT2D eigenvalue weighted by molar-refractivity contribution is 6.32. The first kappa shape index (κ1) is 21.2. The molecule has 1 aromatic carbocycles. The van der Waals surface area contributed by atoms with Gasteiger partial charge in [0.05, 0.1) is 36.1 Å². The van der Waals surface area contributed by atoms with E-state index in [0.717, 1.165) is 53.2 Å². The van der Waals surface area contributed by atoms with Gasteiger partial charge in [-0.05, 0) is 62.4 Å². The molecule has 2 N–H and O–H groups in total. The molecule has 2 aromatic heterocycles. The highest BCUT2D eigenvalue weighted by Gasteiger charge is 2.35. The van der Waals surface area contributed by atoms with Gasteiger partial charge in [-0.1, -0.05) is 11.6 Å². The van der Waals surface area contributed by atoms with Crippen molar-refractivity contribution in [3.05, 3.63) is 35.1 Å². The van der Waals surface area contributed by atoms with Gasteiger partial charge in [-0.15, -0.1) is 9.36 Å². The molecule has 9 nitrogen and oxygen atoms in total. The zero-order valence-corrected chi connectivity index (χ0v) is 19.4. The van der Waals surface area contributed by atoms with Crippen molar-refractivity contribution in [2.45, 2.75) is 49.8 Å². The smallest absolute Gasteiger partial charge is 0.264 e. The van der Waals surface area contributed by atoms with Gasteiger partial charge >= 0.3 is 0 Å². The Morgan fingerprint density at radius 1 is 1.18 bits per heavy atom. The summed E-state index contributed by atoms with van der Waals surface area (Å²) in [6.07, 6.45) is 7.82. The molecule has 1 saturated carbocycles. The van der Waals surface area contributed by atoms with Crippen molar-refractivity contribution < 1.29 is 14.5 Å². The van der Waals surface area contributed by atoms with Crippen molar-refractivity contribution in [3.8, 4) is 0 Å². The first-order valence-electron chi connectivity index (χ1n) is 11.7. The van der Waals surface area contributed by atoms with Crippen LogP contribution in [0.4, 0.5) is 11.8 Å². The second-order valence-corrected chi connectivity index (χ2v) is 9.88. The Morgan fingerprint density at radius 2 is 2.00 bits per heavy atom. The van der Waals surface area contributed by atoms with Crippen LogP contribution in [0.2, 0.25) is 5.02 Å². The van der Waals surface area contributed by atoms with Crippen LogP contribution in [0.5, 0.6) is 0 Å². The number of rotatable bonds is 5. The number of fused-ring (bicyclic) bond motifs is 1. The van der Waals surface area contributed by atoms with Crippen molar-refractivity contribution in [2.75, 3.05) is 31.6 Å². The minimum Gasteiger partial charge on any atom is -0.389 e. The number of aromatic nitrogens is 5. The predicted molar refractivity (Wildman–Crippen MR) is 124 cm³/mol. The van der Waals surface area contributed by atoms with E-state index in [1.807, 2.05) is 34.9 Å². The van der Waals surface area contributed by atoms with Gasteiger partial charge in [0, 0.05) is 16.6 Å². The van der Waals surface area contributed by atoms with Gasteiger partial charge in [0.1, 0.15) is 13.1 Å². The van der Waals surface area contributed by atoms with Crippen molar-refractivity contribution in [1.29, 1.82) is 0 Å². The van der Waals surface area contributed by atoms with E-state index in [9.17, 15) is 5.11 Å². The molecule has 2 saturated heterocycles. The third kappa shape index (κ3) is 4.19. The number of piperidine rings is 1. The Labute approximate surface area is 197 Å². The van der Waals surface area contributed by atoms with Crippen LogP contribution in [0.25, 0.3) is 10.9 Å². The molecular weight excluding hydrogens is 442 g/mol. The van der Waals surface area contributed by atoms with Gasteiger partial charge in [-0.3, -0.25) is 10.2 Å². The summed E-state index contributed by atoms with van der Waals surface area (Å²) in [5.41, 5.74) is 2.02. The van der Waals surface area contributed by atoms with Gasteiger partial charge in [-0.25, -0.2) is 9.97 Å². The fourth-order valence-corrected chi connectivity index (χ4v) is 5.37. The zero-order valence-electron chi connectivity index (χ0n) is 18.7. The van der Waals surface area contributed by atoms with Crippen molar-refractivity contribution in [1.82, 2.24) is 24.8 Å². The molecule has 3 fully saturated rings. The number of ether oxygens (including phenoxy) is 1. The van der Waals surface area contributed by atoms with E-state index in [4.69, 9.17) is 21.3 Å². The number of hydrogen-bond donors (Lipinski definition) is 2. The molecule has 3 aliphatic rings. The number of nitrogens with one attached hydrogen (secondary N) is 1. The first-order valence-corrected chi connectivity index (χ1v) is 12.1. The molecular formula is C23H29ClN7O2+. The maximum atomic E-state index is 10.2. The number of likely N-dealkylation sites (tertiary alicyclic amines) is 1. The van der Waals surface area contributed by atoms with Crippen LogP contribution >= 0.6 is 11.6 Å². The molecule has 0 spiro atoms. The lowest BCUT2D eigenvalue weighted by Crippen LogP contribution is -2.46. The van der Waals surface area contributed by atoms with E-state index in [1.54, 1.807) is 0 Å². The van der Waals surface area contributed by atoms with E-state index in [0.29, 0.717) is 31.1 Å². The third-order valence-electron chi connectivity index (χ3n) is 7.16. The third-order valence-corrected chi connectivity index (χ3v) is 7.49. The maximum absolute atomic E-state index is 10.2. The first-order chi connectivity index (χ1) is 16.0. The van der Waals surface area contributed by atoms with Crippen LogP contribution in [0.1, 0.15) is 43.2 Å². The normalized spacial score (nSPS) is 24.6. The zero-order chi connectivity index (χ0) is 22.5. The molecule has 10 heteroatoms. The standard InChI is InChI=1S/C23H29ClN7O2/c1-29-22(11-31(28-29)16-2-3-16)27-23-25-10-15-8-18(24)17(9-19(15)26-23)14-4-6-30(7-5-14)20-12-33-13-21(20)32/h8-11,14,16,20-21,32H,2-7,12-13H2,1H3,(H,25,26,27)/q+1/t20-,21+/m1/s1. The van der Waals surface area contributed by atoms with Crippen LogP contribution in [-0.2, 0) is 11.8 Å². The summed E-state index contributed by atoms with van der Waals surface area (Å²) in [5.74, 6) is 1.78. The maximum Gasteiger partial charge on any atom is 0.264 e. The summed E-state index contributed by atoms with van der Waals surface area (Å²) in [6, 6.07) is 4.73. The number of aliphatic hydroxyl groups is 1. The second kappa shape index (κ2) is 8.47. The van der Waals surface area contributed by atoms with E-state index in [-0.39, 0.29) is 12.1 Å². The van der Waals surface area contributed by atoms with Crippen LogP contribution in [0.15, 0.2) is 24.5 Å². The van der Waals surface area contributed by atoms with E-state index < -0.39 is 0 Å². The number of benzene rings is 1. The second-order valence-electron chi connectivity index (χ2n) is 9.47. The molecule has 174 valence electrons. The Hall–Kier alpha value is -2.33. The molecule has 0 radical (unpaired) electrons. The van der Waals surface area contributed by atoms with Gasteiger partial charge < -0.3 is 9.84 Å². The van der Waals surface area contributed by atoms with Crippen LogP contribution < -0.4 is 10.00 Å². The molecule has 0 unspecified atom stereocenters. The van der Waals surface area contributed by atoms with Crippen LogP contribution in [-0.4, -0.2) is 68.3 Å². The lowest BCUT2D eigenvalue weighted by atomic mass is 9.88. The lowest BCUT2D eigenvalue weighted by Gasteiger charge is -2.36. The molecule has 0 bridgehead atoms. The average Bonchev–Trinajstić information content (AvgIpc) is 3.48. The van der Waals surface area contributed by atoms with Crippen molar-refractivity contribution in [3.63, 3.8) is 0 Å². The van der Waals surface area contributed by atoms with Crippen LogP contribution in [0.3, 0.4) is 0 Å². The van der Waals surface area contributed by atoms with Crippen LogP contribution in [0, 0.1) is 0 Å². The molecule has 0 amide bonds. The Bertz CT molecular complexity index is 1170. The van der Waals surface area contributed by atoms with Crippen molar-refractivity contribution >= 4 is 34.3 Å². The number of nitrogens with zero attached hydrogens (tertiary/aromatic N) is 6. The predicted octanol–water partition coefficient (Wildman–Crippen LogP) is 2.32. The molecule has 2 aliphatic heterocycles. The minimum atomic E-state index is -0.383. The van der Waals surface area contributed by atoms with E-state index in [1.165, 1.54) is 12.8 Å². The summed E-state index contributed by atoms with van der Waals surface area (Å²) in [7, 11) is 1.92. The monoisotopic (exact) mass is 470 g/mol. The largest absolute Gasteiger partial charge is 0.389 e. The summed E-state index contributed by atoms with van der Waals surface area (Å²) < 4.78 is 9.26. The lowest BCUT2D eigenvalue weighted by molar-refractivity contribution is -0.758. The molecule has 4 heterocycles. The summed E-state index contributed by atoms with van der Waals surface area (Å²) >= 11 is 6.69. The highest BCUT2D eigenvalue weighted by Crippen LogP contribution is 2.36. The van der Waals surface area contributed by atoms with Gasteiger partial charge in [0.15, 0.2) is 6.20 Å². The highest BCUT2D eigenvalue weighted by atomic mass is 35.5. The van der Waals surface area contributed by atoms with Gasteiger partial charge in [0.2, 0.25) is 5.95 Å². The SMILES string of the molecule is Cn1n[n+](C2CC2)cc1Nc1ncc2cc(Cl)c(C3CCN([C@@H]4COC[C@@H]4O)CC3)cc2n1. The minimum absolute atomic E-state index is 0.116. The Kier molecular flexibility index (Phi) is 5.44. The van der Waals surface area contributed by atoms with Gasteiger partial charge in [0.25, 0.3) is 5.82 Å². The molecule has 2 atom stereocenters. The molecule has 33 heavy (non-hydrogen) atoms. The summed E-state index contributed by atoms with van der Waals surface area (Å²) in [6.45, 7) is 2.92.